The summed E-state index contributed by atoms with van der Waals surface area (Å²) in [4.78, 5) is 30.9. The van der Waals surface area contributed by atoms with Crippen LogP contribution in [0.15, 0.2) is 53.6 Å². The molecule has 0 bridgehead atoms. The largest absolute Gasteiger partial charge is 0.497 e. The molecule has 0 aliphatic rings. The van der Waals surface area contributed by atoms with E-state index in [4.69, 9.17) is 4.74 Å². The van der Waals surface area contributed by atoms with Gasteiger partial charge in [0.2, 0.25) is 5.91 Å². The van der Waals surface area contributed by atoms with Crippen molar-refractivity contribution in [3.8, 4) is 5.75 Å². The van der Waals surface area contributed by atoms with Crippen LogP contribution in [0.4, 0.5) is 0 Å². The third-order valence-electron chi connectivity index (χ3n) is 3.99. The maximum Gasteiger partial charge on any atom is 0.251 e. The van der Waals surface area contributed by atoms with Crippen molar-refractivity contribution >= 4 is 16.8 Å². The Bertz CT molecular complexity index is 936. The number of aromatic nitrogens is 2. The van der Waals surface area contributed by atoms with Gasteiger partial charge in [0, 0.05) is 41.8 Å². The molecule has 0 saturated heterocycles. The second-order valence-electron chi connectivity index (χ2n) is 5.71. The molecule has 0 fully saturated rings. The van der Waals surface area contributed by atoms with Gasteiger partial charge in [0.1, 0.15) is 5.75 Å². The third kappa shape index (κ3) is 4.23. The second-order valence-corrected chi connectivity index (χ2v) is 5.71. The van der Waals surface area contributed by atoms with Crippen LogP contribution in [0.25, 0.3) is 10.9 Å². The normalized spacial score (nSPS) is 10.6. The summed E-state index contributed by atoms with van der Waals surface area (Å²) in [5.41, 5.74) is 2.15. The smallest absolute Gasteiger partial charge is 0.251 e. The quantitative estimate of drug-likeness (QED) is 0.722. The molecule has 2 N–H and O–H groups in total. The van der Waals surface area contributed by atoms with Crippen molar-refractivity contribution in [2.24, 2.45) is 0 Å². The summed E-state index contributed by atoms with van der Waals surface area (Å²) in [6.07, 6.45) is 4.00. The molecule has 25 heavy (non-hydrogen) atoms. The van der Waals surface area contributed by atoms with Gasteiger partial charge in [-0.25, -0.2) is 0 Å². The molecule has 0 radical (unpaired) electrons. The molecule has 2 aromatic heterocycles. The molecule has 6 nitrogen and oxygen atoms in total. The number of amides is 1. The minimum Gasteiger partial charge on any atom is -0.497 e. The lowest BCUT2D eigenvalue weighted by atomic mass is 10.1. The van der Waals surface area contributed by atoms with Crippen molar-refractivity contribution in [1.82, 2.24) is 15.3 Å². The fourth-order valence-corrected chi connectivity index (χ4v) is 2.58. The first-order chi connectivity index (χ1) is 12.2. The van der Waals surface area contributed by atoms with Gasteiger partial charge in [-0.05, 0) is 48.4 Å². The van der Waals surface area contributed by atoms with Gasteiger partial charge in [0.05, 0.1) is 7.11 Å². The van der Waals surface area contributed by atoms with E-state index < -0.39 is 0 Å². The first-order valence-electron chi connectivity index (χ1n) is 8.01. The highest BCUT2D eigenvalue weighted by atomic mass is 16.5. The molecule has 3 aromatic rings. The van der Waals surface area contributed by atoms with Gasteiger partial charge in [0.15, 0.2) is 0 Å². The summed E-state index contributed by atoms with van der Waals surface area (Å²) in [6, 6.07) is 11.0. The van der Waals surface area contributed by atoms with Crippen molar-refractivity contribution in [1.29, 1.82) is 0 Å². The number of rotatable bonds is 6. The topological polar surface area (TPSA) is 84.1 Å². The van der Waals surface area contributed by atoms with E-state index in [2.05, 4.69) is 15.3 Å². The lowest BCUT2D eigenvalue weighted by molar-refractivity contribution is -0.121. The van der Waals surface area contributed by atoms with E-state index in [0.717, 1.165) is 22.2 Å². The number of hydrogen-bond acceptors (Lipinski definition) is 4. The number of nitrogens with zero attached hydrogens (tertiary/aromatic N) is 1. The molecule has 0 aliphatic carbocycles. The monoisotopic (exact) mass is 337 g/mol. The molecule has 128 valence electrons. The Hall–Kier alpha value is -3.15. The Labute approximate surface area is 144 Å². The number of pyridine rings is 2. The van der Waals surface area contributed by atoms with Crippen molar-refractivity contribution in [3.05, 3.63) is 70.3 Å². The Morgan fingerprint density at radius 2 is 2.00 bits per heavy atom. The van der Waals surface area contributed by atoms with E-state index in [0.29, 0.717) is 18.5 Å². The molecule has 1 amide bonds. The summed E-state index contributed by atoms with van der Waals surface area (Å²) in [5.74, 6) is 0.627. The van der Waals surface area contributed by atoms with E-state index in [1.807, 2.05) is 24.3 Å². The molecule has 2 heterocycles. The summed E-state index contributed by atoms with van der Waals surface area (Å²) in [6.45, 7) is 0.451. The Morgan fingerprint density at radius 1 is 1.20 bits per heavy atom. The van der Waals surface area contributed by atoms with Gasteiger partial charge in [-0.15, -0.1) is 0 Å². The zero-order valence-electron chi connectivity index (χ0n) is 13.9. The SMILES string of the molecule is COc1ccc2[nH]c(=O)c(CCC(=O)NCc3ccncc3)cc2c1. The van der Waals surface area contributed by atoms with E-state index in [9.17, 15) is 9.59 Å². The number of methoxy groups -OCH3 is 1. The minimum absolute atomic E-state index is 0.0954. The molecule has 3 rings (SSSR count). The zero-order chi connectivity index (χ0) is 17.6. The molecular weight excluding hydrogens is 318 g/mol. The fraction of sp³-hybridized carbons (Fsp3) is 0.211. The molecular formula is C19H19N3O3. The molecule has 0 saturated carbocycles. The minimum atomic E-state index is -0.167. The first kappa shape index (κ1) is 16.7. The number of carbonyl (C=O) groups is 1. The molecule has 0 spiro atoms. The second kappa shape index (κ2) is 7.61. The summed E-state index contributed by atoms with van der Waals surface area (Å²) in [7, 11) is 1.60. The van der Waals surface area contributed by atoms with Gasteiger partial charge in [-0.3, -0.25) is 14.6 Å². The van der Waals surface area contributed by atoms with E-state index in [1.54, 1.807) is 31.6 Å². The molecule has 0 unspecified atom stereocenters. The van der Waals surface area contributed by atoms with Crippen LogP contribution in [0.2, 0.25) is 0 Å². The number of ether oxygens (including phenoxy) is 1. The maximum atomic E-state index is 12.2. The molecule has 0 aliphatic heterocycles. The number of carbonyl (C=O) groups excluding carboxylic acids is 1. The third-order valence-corrected chi connectivity index (χ3v) is 3.99. The predicted octanol–water partition coefficient (Wildman–Crippen LogP) is 2.18. The van der Waals surface area contributed by atoms with Crippen LogP contribution in [-0.2, 0) is 17.8 Å². The molecule has 6 heteroatoms. The van der Waals surface area contributed by atoms with Crippen LogP contribution in [0, 0.1) is 0 Å². The fourth-order valence-electron chi connectivity index (χ4n) is 2.58. The predicted molar refractivity (Wildman–Crippen MR) is 95.5 cm³/mol. The summed E-state index contributed by atoms with van der Waals surface area (Å²) >= 11 is 0. The molecule has 0 atom stereocenters. The summed E-state index contributed by atoms with van der Waals surface area (Å²) in [5, 5.41) is 3.73. The highest BCUT2D eigenvalue weighted by molar-refractivity contribution is 5.81. The van der Waals surface area contributed by atoms with Crippen molar-refractivity contribution in [2.75, 3.05) is 7.11 Å². The lowest BCUT2D eigenvalue weighted by Crippen LogP contribution is -2.24. The van der Waals surface area contributed by atoms with Crippen LogP contribution in [-0.4, -0.2) is 23.0 Å². The summed E-state index contributed by atoms with van der Waals surface area (Å²) < 4.78 is 5.20. The van der Waals surface area contributed by atoms with Gasteiger partial charge in [-0.2, -0.15) is 0 Å². The van der Waals surface area contributed by atoms with E-state index in [-0.39, 0.29) is 17.9 Å². The maximum absolute atomic E-state index is 12.2. The average molecular weight is 337 g/mol. The number of aromatic amines is 1. The highest BCUT2D eigenvalue weighted by Gasteiger charge is 2.07. The number of fused-ring (bicyclic) bond motifs is 1. The molecule has 1 aromatic carbocycles. The average Bonchev–Trinajstić information content (AvgIpc) is 2.65. The lowest BCUT2D eigenvalue weighted by Gasteiger charge is -2.07. The highest BCUT2D eigenvalue weighted by Crippen LogP contribution is 2.19. The van der Waals surface area contributed by atoms with Gasteiger partial charge < -0.3 is 15.0 Å². The van der Waals surface area contributed by atoms with E-state index >= 15 is 0 Å². The number of nitrogens with one attached hydrogen (secondary N) is 2. The van der Waals surface area contributed by atoms with Crippen LogP contribution in [0.1, 0.15) is 17.5 Å². The Kier molecular flexibility index (Phi) is 5.09. The van der Waals surface area contributed by atoms with Gasteiger partial charge >= 0.3 is 0 Å². The number of H-pyrrole nitrogens is 1. The zero-order valence-corrected chi connectivity index (χ0v) is 13.9. The van der Waals surface area contributed by atoms with Gasteiger partial charge in [-0.1, -0.05) is 0 Å². The van der Waals surface area contributed by atoms with Crippen molar-refractivity contribution in [2.45, 2.75) is 19.4 Å². The Morgan fingerprint density at radius 3 is 2.76 bits per heavy atom. The van der Waals surface area contributed by atoms with Crippen LogP contribution < -0.4 is 15.6 Å². The Balaban J connectivity index is 1.64. The number of hydrogen-bond donors (Lipinski definition) is 2. The van der Waals surface area contributed by atoms with E-state index in [1.165, 1.54) is 0 Å². The van der Waals surface area contributed by atoms with Crippen LogP contribution in [0.5, 0.6) is 5.75 Å². The van der Waals surface area contributed by atoms with Crippen LogP contribution in [0.3, 0.4) is 0 Å². The number of aryl methyl sites for hydroxylation is 1. The first-order valence-corrected chi connectivity index (χ1v) is 8.01. The van der Waals surface area contributed by atoms with Crippen LogP contribution >= 0.6 is 0 Å². The number of benzene rings is 1. The van der Waals surface area contributed by atoms with Crippen molar-refractivity contribution in [3.63, 3.8) is 0 Å². The standard InChI is InChI=1S/C19H19N3O3/c1-25-16-3-4-17-15(11-16)10-14(19(24)22-17)2-5-18(23)21-12-13-6-8-20-9-7-13/h3-4,6-11H,2,5,12H2,1H3,(H,21,23)(H,22,24). The van der Waals surface area contributed by atoms with Crippen molar-refractivity contribution < 1.29 is 9.53 Å². The van der Waals surface area contributed by atoms with Gasteiger partial charge in [0.25, 0.3) is 5.56 Å².